The quantitative estimate of drug-likeness (QED) is 0.251. The predicted molar refractivity (Wildman–Crippen MR) is 146 cm³/mol. The fourth-order valence-corrected chi connectivity index (χ4v) is 4.75. The van der Waals surface area contributed by atoms with Crippen LogP contribution in [-0.4, -0.2) is 60.4 Å². The molecule has 2 fully saturated rings. The van der Waals surface area contributed by atoms with E-state index in [4.69, 9.17) is 11.6 Å². The van der Waals surface area contributed by atoms with Crippen LogP contribution in [0.25, 0.3) is 0 Å². The van der Waals surface area contributed by atoms with Crippen LogP contribution >= 0.6 is 11.6 Å². The van der Waals surface area contributed by atoms with Gasteiger partial charge in [-0.05, 0) is 61.6 Å². The average molecular weight is 617 g/mol. The van der Waals surface area contributed by atoms with Gasteiger partial charge in [0, 0.05) is 29.9 Å². The van der Waals surface area contributed by atoms with Crippen LogP contribution < -0.4 is 26.0 Å². The van der Waals surface area contributed by atoms with Crippen molar-refractivity contribution in [1.29, 1.82) is 0 Å². The number of rotatable bonds is 13. The lowest BCUT2D eigenvalue weighted by Crippen LogP contribution is -2.55. The monoisotopic (exact) mass is 616 g/mol. The summed E-state index contributed by atoms with van der Waals surface area (Å²) >= 11 is 5.80. The third-order valence-corrected chi connectivity index (χ3v) is 7.03. The minimum Gasteiger partial charge on any atom is -0.405 e. The first-order valence-electron chi connectivity index (χ1n) is 13.8. The van der Waals surface area contributed by atoms with Crippen molar-refractivity contribution in [3.8, 4) is 5.75 Å². The number of aryl methyl sites for hydroxylation is 1. The van der Waals surface area contributed by atoms with Crippen LogP contribution in [0.3, 0.4) is 0 Å². The van der Waals surface area contributed by atoms with Crippen molar-refractivity contribution in [3.63, 3.8) is 0 Å². The molecule has 0 radical (unpaired) electrons. The van der Waals surface area contributed by atoms with Crippen molar-refractivity contribution in [2.24, 2.45) is 11.3 Å². The van der Waals surface area contributed by atoms with E-state index in [0.717, 1.165) is 18.9 Å². The van der Waals surface area contributed by atoms with Crippen LogP contribution in [0.5, 0.6) is 5.75 Å². The third-order valence-electron chi connectivity index (χ3n) is 6.80. The van der Waals surface area contributed by atoms with Gasteiger partial charge in [-0.25, -0.2) is 0 Å². The molecule has 1 heterocycles. The zero-order valence-corrected chi connectivity index (χ0v) is 24.4. The lowest BCUT2D eigenvalue weighted by atomic mass is 9.87. The van der Waals surface area contributed by atoms with Gasteiger partial charge in [0.25, 0.3) is 5.91 Å². The van der Waals surface area contributed by atoms with Crippen LogP contribution in [-0.2, 0) is 30.4 Å². The van der Waals surface area contributed by atoms with Gasteiger partial charge >= 0.3 is 6.36 Å². The van der Waals surface area contributed by atoms with E-state index in [2.05, 4.69) is 26.0 Å². The van der Waals surface area contributed by atoms with E-state index in [1.807, 2.05) is 20.8 Å². The van der Waals surface area contributed by atoms with E-state index in [1.54, 1.807) is 0 Å². The van der Waals surface area contributed by atoms with Crippen molar-refractivity contribution in [2.75, 3.05) is 6.54 Å². The van der Waals surface area contributed by atoms with Gasteiger partial charge in [0.2, 0.25) is 23.5 Å². The number of hydrogen-bond acceptors (Lipinski definition) is 6. The summed E-state index contributed by atoms with van der Waals surface area (Å²) in [6.45, 7) is 5.92. The zero-order valence-electron chi connectivity index (χ0n) is 23.7. The highest BCUT2D eigenvalue weighted by Gasteiger charge is 2.38. The normalized spacial score (nSPS) is 18.5. The number of hydrogen-bond donors (Lipinski definition) is 4. The number of carbonyl (C=O) groups is 5. The van der Waals surface area contributed by atoms with E-state index in [9.17, 15) is 37.1 Å². The Hall–Kier alpha value is -3.35. The van der Waals surface area contributed by atoms with Crippen LogP contribution in [0.15, 0.2) is 18.2 Å². The van der Waals surface area contributed by atoms with Crippen LogP contribution in [0.2, 0.25) is 5.02 Å². The fraction of sp³-hybridized carbons (Fsp3) is 0.607. The number of nitrogens with one attached hydrogen (secondary N) is 4. The Morgan fingerprint density at radius 2 is 1.76 bits per heavy atom. The number of amides is 4. The maximum atomic E-state index is 13.4. The number of ether oxygens (including phenoxy) is 1. The summed E-state index contributed by atoms with van der Waals surface area (Å²) in [5.41, 5.74) is -0.376. The van der Waals surface area contributed by atoms with Gasteiger partial charge in [-0.1, -0.05) is 38.4 Å². The minimum atomic E-state index is -4.96. The summed E-state index contributed by atoms with van der Waals surface area (Å²) in [6, 6.07) is 1.17. The van der Waals surface area contributed by atoms with Crippen molar-refractivity contribution in [1.82, 2.24) is 21.3 Å². The first kappa shape index (κ1) is 33.2. The second-order valence-electron chi connectivity index (χ2n) is 11.9. The molecule has 1 aromatic carbocycles. The molecule has 1 saturated carbocycles. The standard InChI is InChI=1S/C28H36ClF3N4O6/c1-27(2,3)14-20(35-22(37)9-5-15-4-6-17(29)13-21(15)42-28(30,31)32)25(40)36-19(12-16-10-11-33-24(16)39)23(38)26(41)34-18-7-8-18/h4,6,13,16,18-20H,5,7-12,14H2,1-3H3,(H,33,39)(H,34,41)(H,35,37)(H,36,40)/t16?,19?,20-/m0/s1. The van der Waals surface area contributed by atoms with Gasteiger partial charge in [0.05, 0.1) is 6.04 Å². The Bertz CT molecular complexity index is 1200. The molecule has 0 spiro atoms. The summed E-state index contributed by atoms with van der Waals surface area (Å²) in [5.74, 6) is -4.46. The van der Waals surface area contributed by atoms with Gasteiger partial charge in [-0.3, -0.25) is 24.0 Å². The number of halogens is 4. The van der Waals surface area contributed by atoms with Gasteiger partial charge in [-0.2, -0.15) is 0 Å². The molecule has 1 aliphatic heterocycles. The van der Waals surface area contributed by atoms with E-state index in [-0.39, 0.29) is 48.2 Å². The van der Waals surface area contributed by atoms with Crippen LogP contribution in [0, 0.1) is 11.3 Å². The van der Waals surface area contributed by atoms with Crippen molar-refractivity contribution >= 4 is 41.0 Å². The molecule has 14 heteroatoms. The average Bonchev–Trinajstić information content (AvgIpc) is 3.59. The van der Waals surface area contributed by atoms with Gasteiger partial charge < -0.3 is 26.0 Å². The highest BCUT2D eigenvalue weighted by Crippen LogP contribution is 2.30. The molecule has 42 heavy (non-hydrogen) atoms. The molecule has 4 amide bonds. The van der Waals surface area contributed by atoms with Crippen molar-refractivity contribution in [3.05, 3.63) is 28.8 Å². The Morgan fingerprint density at radius 3 is 2.33 bits per heavy atom. The molecule has 232 valence electrons. The van der Waals surface area contributed by atoms with E-state index >= 15 is 0 Å². The maximum absolute atomic E-state index is 13.4. The highest BCUT2D eigenvalue weighted by molar-refractivity contribution is 6.38. The molecule has 1 saturated heterocycles. The first-order chi connectivity index (χ1) is 19.5. The molecule has 10 nitrogen and oxygen atoms in total. The number of ketones is 1. The molecule has 2 unspecified atom stereocenters. The highest BCUT2D eigenvalue weighted by atomic mass is 35.5. The number of carbonyl (C=O) groups excluding carboxylic acids is 5. The maximum Gasteiger partial charge on any atom is 0.573 e. The Kier molecular flexibility index (Phi) is 10.9. The molecule has 4 N–H and O–H groups in total. The Balaban J connectivity index is 1.71. The predicted octanol–water partition coefficient (Wildman–Crippen LogP) is 2.95. The molecule has 2 aliphatic rings. The summed E-state index contributed by atoms with van der Waals surface area (Å²) < 4.78 is 42.5. The molecule has 1 aliphatic carbocycles. The summed E-state index contributed by atoms with van der Waals surface area (Å²) in [7, 11) is 0. The van der Waals surface area contributed by atoms with E-state index < -0.39 is 59.0 Å². The fourth-order valence-electron chi connectivity index (χ4n) is 4.59. The second kappa shape index (κ2) is 13.7. The summed E-state index contributed by atoms with van der Waals surface area (Å²) in [5, 5.41) is 10.5. The molecule has 0 bridgehead atoms. The lowest BCUT2D eigenvalue weighted by molar-refractivity contribution is -0.274. The first-order valence-corrected chi connectivity index (χ1v) is 14.1. The molecular weight excluding hydrogens is 581 g/mol. The minimum absolute atomic E-state index is 0.0226. The van der Waals surface area contributed by atoms with E-state index in [1.165, 1.54) is 12.1 Å². The Labute approximate surface area is 246 Å². The van der Waals surface area contributed by atoms with Gasteiger partial charge in [0.15, 0.2) is 0 Å². The van der Waals surface area contributed by atoms with E-state index in [0.29, 0.717) is 13.0 Å². The van der Waals surface area contributed by atoms with Crippen molar-refractivity contribution in [2.45, 2.75) is 90.2 Å². The lowest BCUT2D eigenvalue weighted by Gasteiger charge is -2.28. The molecular formula is C28H36ClF3N4O6. The van der Waals surface area contributed by atoms with Gasteiger partial charge in [0.1, 0.15) is 11.8 Å². The molecule has 1 aromatic rings. The van der Waals surface area contributed by atoms with Crippen LogP contribution in [0.1, 0.15) is 64.9 Å². The Morgan fingerprint density at radius 1 is 1.07 bits per heavy atom. The molecule has 3 atom stereocenters. The topological polar surface area (TPSA) is 143 Å². The smallest absolute Gasteiger partial charge is 0.405 e. The SMILES string of the molecule is CC(C)(C)C[C@H](NC(=O)CCc1ccc(Cl)cc1OC(F)(F)F)C(=O)NC(CC1CCNC1=O)C(=O)C(=O)NC1CC1. The van der Waals surface area contributed by atoms with Crippen LogP contribution in [0.4, 0.5) is 13.2 Å². The number of benzene rings is 1. The number of alkyl halides is 3. The molecule has 3 rings (SSSR count). The summed E-state index contributed by atoms with van der Waals surface area (Å²) in [4.78, 5) is 64.1. The molecule has 0 aromatic heterocycles. The second-order valence-corrected chi connectivity index (χ2v) is 12.3. The number of Topliss-reactive ketones (excluding diaryl/α,β-unsaturated/α-hetero) is 1. The summed E-state index contributed by atoms with van der Waals surface area (Å²) in [6.07, 6.45) is -3.37. The zero-order chi connectivity index (χ0) is 31.2. The third kappa shape index (κ3) is 10.8. The van der Waals surface area contributed by atoms with Crippen molar-refractivity contribution < 1.29 is 41.9 Å². The van der Waals surface area contributed by atoms with Gasteiger partial charge in [-0.15, -0.1) is 13.2 Å². The largest absolute Gasteiger partial charge is 0.573 e.